The quantitative estimate of drug-likeness (QED) is 0.776. The second-order valence-electron chi connectivity index (χ2n) is 10.7. The molecule has 4 heteroatoms. The summed E-state index contributed by atoms with van der Waals surface area (Å²) in [6.45, 7) is 2.26. The first-order valence-electron chi connectivity index (χ1n) is 11.8. The molecule has 5 aliphatic rings. The maximum atomic E-state index is 13.5. The van der Waals surface area contributed by atoms with Crippen molar-refractivity contribution < 1.29 is 14.2 Å². The topological polar surface area (TPSA) is 43.1 Å². The lowest BCUT2D eigenvalue weighted by molar-refractivity contribution is -0.348. The molecular formula is C27H30FN2O+. The highest BCUT2D eigenvalue weighted by molar-refractivity contribution is 6.37. The third-order valence-corrected chi connectivity index (χ3v) is 8.45. The van der Waals surface area contributed by atoms with Gasteiger partial charge >= 0.3 is 5.91 Å². The summed E-state index contributed by atoms with van der Waals surface area (Å²) in [4.78, 5) is 16.9. The highest BCUT2D eigenvalue weighted by Gasteiger charge is 2.54. The smallest absolute Gasteiger partial charge is 0.311 e. The Morgan fingerprint density at radius 1 is 1.10 bits per heavy atom. The van der Waals surface area contributed by atoms with Crippen molar-refractivity contribution in [1.82, 2.24) is 5.32 Å². The number of hydrogen-bond donors (Lipinski definition) is 2. The van der Waals surface area contributed by atoms with Gasteiger partial charge in [0.05, 0.1) is 0 Å². The van der Waals surface area contributed by atoms with E-state index in [0.717, 1.165) is 59.1 Å². The van der Waals surface area contributed by atoms with Gasteiger partial charge in [-0.1, -0.05) is 24.3 Å². The number of nitrogens with one attached hydrogen (secondary N) is 2. The van der Waals surface area contributed by atoms with Crippen molar-refractivity contribution in [2.75, 3.05) is 0 Å². The van der Waals surface area contributed by atoms with Gasteiger partial charge in [-0.15, -0.1) is 0 Å². The van der Waals surface area contributed by atoms with Crippen LogP contribution >= 0.6 is 0 Å². The Labute approximate surface area is 183 Å². The van der Waals surface area contributed by atoms with Crippen molar-refractivity contribution in [3.8, 4) is 0 Å². The summed E-state index contributed by atoms with van der Waals surface area (Å²) >= 11 is 0. The summed E-state index contributed by atoms with van der Waals surface area (Å²) in [5, 5.41) is 3.46. The van der Waals surface area contributed by atoms with E-state index < -0.39 is 0 Å². The lowest BCUT2D eigenvalue weighted by Gasteiger charge is -2.46. The maximum Gasteiger partial charge on any atom is 0.311 e. The molecule has 1 heterocycles. The van der Waals surface area contributed by atoms with Crippen molar-refractivity contribution in [1.29, 1.82) is 0 Å². The fourth-order valence-corrected chi connectivity index (χ4v) is 7.18. The number of halogens is 1. The molecule has 1 aromatic rings. The first-order valence-corrected chi connectivity index (χ1v) is 11.8. The summed E-state index contributed by atoms with van der Waals surface area (Å²) in [6, 6.07) is 6.52. The normalized spacial score (nSPS) is 37.6. The zero-order valence-electron chi connectivity index (χ0n) is 18.0. The van der Waals surface area contributed by atoms with Crippen molar-refractivity contribution in [2.24, 2.45) is 29.6 Å². The van der Waals surface area contributed by atoms with E-state index in [2.05, 4.69) is 29.4 Å². The van der Waals surface area contributed by atoms with Crippen LogP contribution in [0.4, 0.5) is 4.39 Å². The Morgan fingerprint density at radius 3 is 2.77 bits per heavy atom. The molecule has 1 aromatic carbocycles. The molecule has 0 aromatic heterocycles. The summed E-state index contributed by atoms with van der Waals surface area (Å²) in [6.07, 6.45) is 15.3. The average molecular weight is 418 g/mol. The molecule has 2 N–H and O–H groups in total. The lowest BCUT2D eigenvalue weighted by atomic mass is 9.62. The van der Waals surface area contributed by atoms with Crippen LogP contribution in [-0.4, -0.2) is 17.2 Å². The number of fused-ring (bicyclic) bond motifs is 2. The van der Waals surface area contributed by atoms with E-state index >= 15 is 0 Å². The van der Waals surface area contributed by atoms with E-state index in [9.17, 15) is 9.18 Å². The molecule has 0 radical (unpaired) electrons. The number of carbonyl (C=O) groups is 1. The van der Waals surface area contributed by atoms with Crippen LogP contribution < -0.4 is 10.3 Å². The van der Waals surface area contributed by atoms with E-state index in [1.807, 2.05) is 12.2 Å². The van der Waals surface area contributed by atoms with Gasteiger partial charge in [-0.2, -0.15) is 0 Å². The number of carbonyl (C=O) groups excluding carboxylic acids is 1. The minimum atomic E-state index is -0.253. The Bertz CT molecular complexity index is 1040. The maximum absolute atomic E-state index is 13.5. The molecule has 3 fully saturated rings. The SMILES string of the molecule is CC1(NC(=O)C2=[NH+]C(c3ccc(F)cc3)=C3C=CC=CC3C2)CC2CC3CC(C1)[C@H]3C2. The fourth-order valence-electron chi connectivity index (χ4n) is 7.18. The number of benzene rings is 1. The zero-order chi connectivity index (χ0) is 21.2. The summed E-state index contributed by atoms with van der Waals surface area (Å²) in [7, 11) is 0. The van der Waals surface area contributed by atoms with Crippen LogP contribution in [0.5, 0.6) is 0 Å². The molecule has 1 aliphatic heterocycles. The van der Waals surface area contributed by atoms with Crippen LogP contribution in [0.25, 0.3) is 5.70 Å². The molecule has 5 unspecified atom stereocenters. The van der Waals surface area contributed by atoms with Gasteiger partial charge in [-0.25, -0.2) is 9.38 Å². The summed E-state index contributed by atoms with van der Waals surface area (Å²) in [5.41, 5.74) is 3.57. The number of amides is 1. The van der Waals surface area contributed by atoms with Gasteiger partial charge in [0, 0.05) is 29.0 Å². The summed E-state index contributed by atoms with van der Waals surface area (Å²) < 4.78 is 13.5. The minimum absolute atomic E-state index is 0.0257. The molecule has 1 amide bonds. The van der Waals surface area contributed by atoms with Crippen LogP contribution in [0, 0.1) is 35.4 Å². The second-order valence-corrected chi connectivity index (χ2v) is 10.7. The Hall–Kier alpha value is -2.49. The standard InChI is InChI=1S/C27H29FN2O/c1-27(14-16-10-19-12-20(15-27)23(19)11-16)30-26(31)24-13-18-4-2-3-5-22(18)25(29-24)17-6-8-21(28)9-7-17/h2-9,16,18-20,23H,10-15H2,1H3,(H,30,31)/p+1/t16?,18?,19?,20?,23-,27?/m0/s1. The molecule has 0 spiro atoms. The van der Waals surface area contributed by atoms with Gasteiger partial charge in [-0.05, 0) is 87.0 Å². The predicted molar refractivity (Wildman–Crippen MR) is 119 cm³/mol. The molecule has 6 rings (SSSR count). The molecule has 2 bridgehead atoms. The van der Waals surface area contributed by atoms with Gasteiger partial charge in [0.25, 0.3) is 0 Å². The van der Waals surface area contributed by atoms with Crippen LogP contribution in [-0.2, 0) is 4.79 Å². The Morgan fingerprint density at radius 2 is 1.94 bits per heavy atom. The first-order chi connectivity index (χ1) is 15.0. The zero-order valence-corrected chi connectivity index (χ0v) is 18.0. The van der Waals surface area contributed by atoms with Crippen molar-refractivity contribution in [3.05, 3.63) is 65.5 Å². The van der Waals surface area contributed by atoms with Gasteiger partial charge in [0.15, 0.2) is 0 Å². The van der Waals surface area contributed by atoms with Crippen LogP contribution in [0.3, 0.4) is 0 Å². The molecule has 160 valence electrons. The van der Waals surface area contributed by atoms with Gasteiger partial charge in [0.1, 0.15) is 5.82 Å². The average Bonchev–Trinajstić information content (AvgIpc) is 3.01. The van der Waals surface area contributed by atoms with Gasteiger partial charge in [-0.3, -0.25) is 4.79 Å². The molecular weight excluding hydrogens is 387 g/mol. The molecule has 3 saturated carbocycles. The van der Waals surface area contributed by atoms with E-state index in [4.69, 9.17) is 0 Å². The third kappa shape index (κ3) is 3.31. The first kappa shape index (κ1) is 19.2. The largest absolute Gasteiger partial charge is 0.342 e. The molecule has 31 heavy (non-hydrogen) atoms. The highest BCUT2D eigenvalue weighted by Crippen LogP contribution is 2.60. The number of allylic oxidation sites excluding steroid dienone is 5. The predicted octanol–water partition coefficient (Wildman–Crippen LogP) is 3.54. The van der Waals surface area contributed by atoms with Gasteiger partial charge < -0.3 is 5.32 Å². The number of rotatable bonds is 3. The van der Waals surface area contributed by atoms with E-state index in [-0.39, 0.29) is 23.2 Å². The Balaban J connectivity index is 1.29. The third-order valence-electron chi connectivity index (χ3n) is 8.45. The molecule has 4 aliphatic carbocycles. The van der Waals surface area contributed by atoms with Crippen molar-refractivity contribution in [2.45, 2.75) is 51.0 Å². The fraction of sp³-hybridized carbons (Fsp3) is 0.481. The second kappa shape index (κ2) is 7.01. The highest BCUT2D eigenvalue weighted by atomic mass is 19.1. The van der Waals surface area contributed by atoms with E-state index in [1.54, 1.807) is 12.1 Å². The van der Waals surface area contributed by atoms with E-state index in [1.165, 1.54) is 31.4 Å². The van der Waals surface area contributed by atoms with Crippen molar-refractivity contribution in [3.63, 3.8) is 0 Å². The lowest BCUT2D eigenvalue weighted by Crippen LogP contribution is -2.76. The Kier molecular flexibility index (Phi) is 4.35. The molecule has 6 atom stereocenters. The molecule has 3 nitrogen and oxygen atoms in total. The van der Waals surface area contributed by atoms with Crippen LogP contribution in [0.15, 0.2) is 54.1 Å². The van der Waals surface area contributed by atoms with E-state index in [0.29, 0.717) is 6.42 Å². The van der Waals surface area contributed by atoms with Crippen LogP contribution in [0.2, 0.25) is 0 Å². The molecule has 0 saturated heterocycles. The van der Waals surface area contributed by atoms with Gasteiger partial charge in [0.2, 0.25) is 11.4 Å². The summed E-state index contributed by atoms with van der Waals surface area (Å²) in [5.74, 6) is 3.38. The van der Waals surface area contributed by atoms with Crippen molar-refractivity contribution >= 4 is 17.3 Å². The van der Waals surface area contributed by atoms with Crippen LogP contribution in [0.1, 0.15) is 51.0 Å². The minimum Gasteiger partial charge on any atom is -0.342 e. The monoisotopic (exact) mass is 417 g/mol. The number of hydrogen-bond acceptors (Lipinski definition) is 1.